The van der Waals surface area contributed by atoms with Crippen LogP contribution in [-0.4, -0.2) is 53.8 Å². The Balaban J connectivity index is 1.49. The fraction of sp³-hybridized carbons (Fsp3) is 0.360. The molecule has 0 radical (unpaired) electrons. The van der Waals surface area contributed by atoms with Gasteiger partial charge in [-0.2, -0.15) is 13.2 Å². The monoisotopic (exact) mass is 536 g/mol. The van der Waals surface area contributed by atoms with Crippen LogP contribution in [0.5, 0.6) is 0 Å². The van der Waals surface area contributed by atoms with E-state index in [4.69, 9.17) is 4.74 Å². The van der Waals surface area contributed by atoms with E-state index in [0.29, 0.717) is 18.9 Å². The average Bonchev–Trinajstić information content (AvgIpc) is 2.87. The first kappa shape index (κ1) is 28.3. The SMILES string of the molecule is O=C(O)NC1CC(NC(=O)OCc2ccccc2)CCC1NC(=O)CNC(=O)c1cccc(C(F)(F)F)c1. The van der Waals surface area contributed by atoms with Crippen molar-refractivity contribution in [1.82, 2.24) is 21.3 Å². The van der Waals surface area contributed by atoms with Crippen LogP contribution in [0, 0.1) is 0 Å². The fourth-order valence-corrected chi connectivity index (χ4v) is 4.08. The molecule has 0 aromatic heterocycles. The number of hydrogen-bond donors (Lipinski definition) is 5. The van der Waals surface area contributed by atoms with Crippen LogP contribution < -0.4 is 21.3 Å². The van der Waals surface area contributed by atoms with Crippen LogP contribution in [-0.2, 0) is 22.3 Å². The number of alkyl halides is 3. The molecule has 10 nitrogen and oxygen atoms in total. The molecule has 1 fully saturated rings. The third-order valence-corrected chi connectivity index (χ3v) is 5.90. The van der Waals surface area contributed by atoms with Crippen LogP contribution in [0.1, 0.15) is 40.7 Å². The summed E-state index contributed by atoms with van der Waals surface area (Å²) in [5.74, 6) is -1.52. The van der Waals surface area contributed by atoms with Crippen molar-refractivity contribution in [1.29, 1.82) is 0 Å². The topological polar surface area (TPSA) is 146 Å². The lowest BCUT2D eigenvalue weighted by Gasteiger charge is -2.36. The number of benzene rings is 2. The Morgan fingerprint density at radius 1 is 0.921 bits per heavy atom. The summed E-state index contributed by atoms with van der Waals surface area (Å²) in [7, 11) is 0. The van der Waals surface area contributed by atoms with Crippen molar-refractivity contribution in [3.63, 3.8) is 0 Å². The molecule has 3 atom stereocenters. The van der Waals surface area contributed by atoms with Crippen LogP contribution >= 0.6 is 0 Å². The summed E-state index contributed by atoms with van der Waals surface area (Å²) in [6.45, 7) is -0.458. The summed E-state index contributed by atoms with van der Waals surface area (Å²) in [6, 6.07) is 11.0. The van der Waals surface area contributed by atoms with Crippen molar-refractivity contribution in [2.45, 2.75) is 50.2 Å². The molecule has 0 aliphatic heterocycles. The number of carbonyl (C=O) groups excluding carboxylic acids is 3. The third kappa shape index (κ3) is 8.68. The van der Waals surface area contributed by atoms with Crippen LogP contribution in [0.2, 0.25) is 0 Å². The summed E-state index contributed by atoms with van der Waals surface area (Å²) in [5.41, 5.74) is -0.449. The molecule has 1 saturated carbocycles. The first-order valence-electron chi connectivity index (χ1n) is 11.7. The predicted molar refractivity (Wildman–Crippen MR) is 128 cm³/mol. The van der Waals surface area contributed by atoms with E-state index in [1.807, 2.05) is 18.2 Å². The Hall–Kier alpha value is -4.29. The molecule has 5 N–H and O–H groups in total. The van der Waals surface area contributed by atoms with Crippen LogP contribution in [0.15, 0.2) is 54.6 Å². The van der Waals surface area contributed by atoms with Gasteiger partial charge in [-0.25, -0.2) is 9.59 Å². The Morgan fingerprint density at radius 3 is 2.34 bits per heavy atom. The first-order valence-corrected chi connectivity index (χ1v) is 11.7. The lowest BCUT2D eigenvalue weighted by molar-refractivity contribution is -0.137. The van der Waals surface area contributed by atoms with E-state index in [2.05, 4.69) is 21.3 Å². The Bertz CT molecular complexity index is 1150. The smallest absolute Gasteiger partial charge is 0.416 e. The van der Waals surface area contributed by atoms with E-state index in [1.54, 1.807) is 12.1 Å². The molecule has 0 heterocycles. The van der Waals surface area contributed by atoms with Gasteiger partial charge in [-0.3, -0.25) is 9.59 Å². The van der Waals surface area contributed by atoms with Crippen LogP contribution in [0.25, 0.3) is 0 Å². The minimum Gasteiger partial charge on any atom is -0.465 e. The number of nitrogens with one attached hydrogen (secondary N) is 4. The maximum absolute atomic E-state index is 12.9. The summed E-state index contributed by atoms with van der Waals surface area (Å²) >= 11 is 0. The van der Waals surface area contributed by atoms with Gasteiger partial charge in [-0.15, -0.1) is 0 Å². The second-order valence-corrected chi connectivity index (χ2v) is 8.71. The molecule has 4 amide bonds. The molecule has 3 unspecified atom stereocenters. The molecule has 2 aromatic rings. The highest BCUT2D eigenvalue weighted by molar-refractivity contribution is 5.96. The Kier molecular flexibility index (Phi) is 9.52. The van der Waals surface area contributed by atoms with Gasteiger partial charge in [0, 0.05) is 17.6 Å². The van der Waals surface area contributed by atoms with Crippen molar-refractivity contribution in [3.8, 4) is 0 Å². The largest absolute Gasteiger partial charge is 0.465 e. The van der Waals surface area contributed by atoms with Gasteiger partial charge in [-0.05, 0) is 43.0 Å². The maximum Gasteiger partial charge on any atom is 0.416 e. The van der Waals surface area contributed by atoms with Gasteiger partial charge in [0.25, 0.3) is 5.91 Å². The van der Waals surface area contributed by atoms with Crippen molar-refractivity contribution in [3.05, 3.63) is 71.3 Å². The van der Waals surface area contributed by atoms with Gasteiger partial charge < -0.3 is 31.1 Å². The van der Waals surface area contributed by atoms with Crippen LogP contribution in [0.3, 0.4) is 0 Å². The van der Waals surface area contributed by atoms with E-state index in [0.717, 1.165) is 17.7 Å². The molecule has 1 aliphatic rings. The molecule has 0 saturated heterocycles. The lowest BCUT2D eigenvalue weighted by Crippen LogP contribution is -2.58. The highest BCUT2D eigenvalue weighted by atomic mass is 19.4. The van der Waals surface area contributed by atoms with Crippen molar-refractivity contribution < 1.29 is 42.2 Å². The molecular weight excluding hydrogens is 509 g/mol. The van der Waals surface area contributed by atoms with E-state index >= 15 is 0 Å². The molecule has 3 rings (SSSR count). The normalized spacial score (nSPS) is 19.1. The minimum atomic E-state index is -4.62. The van der Waals surface area contributed by atoms with Gasteiger partial charge >= 0.3 is 18.4 Å². The molecule has 0 spiro atoms. The predicted octanol–water partition coefficient (Wildman–Crippen LogP) is 3.04. The minimum absolute atomic E-state index is 0.0705. The van der Waals surface area contributed by atoms with E-state index < -0.39 is 60.4 Å². The number of hydrogen-bond acceptors (Lipinski definition) is 5. The molecule has 1 aliphatic carbocycles. The highest BCUT2D eigenvalue weighted by Gasteiger charge is 2.34. The van der Waals surface area contributed by atoms with E-state index in [1.165, 1.54) is 6.07 Å². The summed E-state index contributed by atoms with van der Waals surface area (Å²) in [5, 5.41) is 19.1. The highest BCUT2D eigenvalue weighted by Crippen LogP contribution is 2.29. The zero-order valence-corrected chi connectivity index (χ0v) is 20.1. The number of ether oxygens (including phenoxy) is 1. The van der Waals surface area contributed by atoms with Gasteiger partial charge in [-0.1, -0.05) is 36.4 Å². The second-order valence-electron chi connectivity index (χ2n) is 8.71. The summed E-state index contributed by atoms with van der Waals surface area (Å²) < 4.78 is 43.8. The maximum atomic E-state index is 12.9. The zero-order valence-electron chi connectivity index (χ0n) is 20.1. The van der Waals surface area contributed by atoms with Gasteiger partial charge in [0.15, 0.2) is 0 Å². The molecular formula is C25H27F3N4O6. The van der Waals surface area contributed by atoms with Crippen LogP contribution in [0.4, 0.5) is 22.8 Å². The number of rotatable bonds is 8. The van der Waals surface area contributed by atoms with E-state index in [-0.39, 0.29) is 18.6 Å². The summed E-state index contributed by atoms with van der Waals surface area (Å²) in [6.07, 6.45) is -5.70. The number of alkyl carbamates (subject to hydrolysis) is 1. The van der Waals surface area contributed by atoms with Gasteiger partial charge in [0.05, 0.1) is 18.2 Å². The van der Waals surface area contributed by atoms with Gasteiger partial charge in [0.1, 0.15) is 6.61 Å². The lowest BCUT2D eigenvalue weighted by atomic mass is 9.86. The van der Waals surface area contributed by atoms with Gasteiger partial charge in [0.2, 0.25) is 5.91 Å². The molecule has 0 bridgehead atoms. The first-order chi connectivity index (χ1) is 18.0. The van der Waals surface area contributed by atoms with Crippen molar-refractivity contribution in [2.24, 2.45) is 0 Å². The molecule has 204 valence electrons. The number of carbonyl (C=O) groups is 4. The third-order valence-electron chi connectivity index (χ3n) is 5.90. The summed E-state index contributed by atoms with van der Waals surface area (Å²) in [4.78, 5) is 48.1. The average molecular weight is 537 g/mol. The standard InChI is InChI=1S/C25H27F3N4O6/c26-25(27,28)17-8-4-7-16(11-17)22(34)29-13-21(33)31-19-10-9-18(12-20(19)32-23(35)36)30-24(37)38-14-15-5-2-1-3-6-15/h1-8,11,18-20,32H,9-10,12-14H2,(H,29,34)(H,30,37)(H,31,33)(H,35,36). The van der Waals surface area contributed by atoms with Crippen molar-refractivity contribution in [2.75, 3.05) is 6.54 Å². The molecule has 38 heavy (non-hydrogen) atoms. The fourth-order valence-electron chi connectivity index (χ4n) is 4.08. The zero-order chi connectivity index (χ0) is 27.7. The quantitative estimate of drug-likeness (QED) is 0.351. The van der Waals surface area contributed by atoms with Crippen molar-refractivity contribution >= 4 is 24.0 Å². The number of carboxylic acid groups (broad SMARTS) is 1. The Labute approximate surface area is 215 Å². The number of halogens is 3. The Morgan fingerprint density at radius 2 is 1.66 bits per heavy atom. The van der Waals surface area contributed by atoms with E-state index in [9.17, 15) is 37.5 Å². The molecule has 13 heteroatoms. The second kappa shape index (κ2) is 12.8. The number of amides is 4. The molecule has 2 aromatic carbocycles.